The topological polar surface area (TPSA) is 75.7 Å². The van der Waals surface area contributed by atoms with E-state index in [1.165, 1.54) is 12.0 Å². The zero-order chi connectivity index (χ0) is 19.0. The first kappa shape index (κ1) is 17.3. The summed E-state index contributed by atoms with van der Waals surface area (Å²) in [5.74, 6) is -0.633. The van der Waals surface area contributed by atoms with E-state index in [9.17, 15) is 14.4 Å². The van der Waals surface area contributed by atoms with E-state index in [4.69, 9.17) is 0 Å². The number of rotatable bonds is 3. The van der Waals surface area contributed by atoms with Gasteiger partial charge in [-0.15, -0.1) is 0 Å². The Balaban J connectivity index is 1.60. The third kappa shape index (κ3) is 2.77. The molecule has 0 aromatic heterocycles. The number of methoxy groups -OCH3 is 1. The van der Waals surface area contributed by atoms with Crippen molar-refractivity contribution in [3.63, 3.8) is 0 Å². The molecule has 0 radical (unpaired) electrons. The second kappa shape index (κ2) is 6.54. The zero-order valence-electron chi connectivity index (χ0n) is 15.0. The molecule has 27 heavy (non-hydrogen) atoms. The Hall–Kier alpha value is -3.15. The molecule has 1 N–H and O–H groups in total. The van der Waals surface area contributed by atoms with Crippen molar-refractivity contribution in [1.82, 2.24) is 10.2 Å². The number of nitrogens with one attached hydrogen (secondary N) is 1. The standard InChI is InChI=1S/C21H20N2O4/c1-27-18(24)16-10-8-14(9-11-16)13-23-19(25)21(22-20(23)26)12-4-6-15-5-2-3-7-17(15)21/h2-3,5,7-11H,4,6,12-13H2,1H3,(H,22,26)/t21-/m0/s1. The summed E-state index contributed by atoms with van der Waals surface area (Å²) >= 11 is 0. The molecule has 1 heterocycles. The summed E-state index contributed by atoms with van der Waals surface area (Å²) in [7, 11) is 1.32. The highest BCUT2D eigenvalue weighted by Gasteiger charge is 2.53. The fourth-order valence-electron chi connectivity index (χ4n) is 4.00. The SMILES string of the molecule is COC(=O)c1ccc(CN2C(=O)N[C@]3(CCCc4ccccc43)C2=O)cc1. The van der Waals surface area contributed by atoms with E-state index in [0.717, 1.165) is 29.5 Å². The Labute approximate surface area is 157 Å². The van der Waals surface area contributed by atoms with Crippen LogP contribution in [0.2, 0.25) is 0 Å². The van der Waals surface area contributed by atoms with Crippen molar-refractivity contribution >= 4 is 17.9 Å². The average Bonchev–Trinajstić information content (AvgIpc) is 2.93. The van der Waals surface area contributed by atoms with Crippen LogP contribution in [0.3, 0.4) is 0 Å². The number of esters is 1. The lowest BCUT2D eigenvalue weighted by atomic mass is 9.76. The monoisotopic (exact) mass is 364 g/mol. The predicted molar refractivity (Wildman–Crippen MR) is 97.9 cm³/mol. The quantitative estimate of drug-likeness (QED) is 0.671. The first-order chi connectivity index (χ1) is 13.0. The highest BCUT2D eigenvalue weighted by atomic mass is 16.5. The van der Waals surface area contributed by atoms with Gasteiger partial charge in [-0.3, -0.25) is 9.69 Å². The number of amides is 3. The molecule has 6 nitrogen and oxygen atoms in total. The number of urea groups is 1. The Morgan fingerprint density at radius 1 is 1.15 bits per heavy atom. The first-order valence-electron chi connectivity index (χ1n) is 8.95. The van der Waals surface area contributed by atoms with Crippen LogP contribution in [0.4, 0.5) is 4.79 Å². The lowest BCUT2D eigenvalue weighted by Crippen LogP contribution is -2.46. The number of fused-ring (bicyclic) bond motifs is 2. The van der Waals surface area contributed by atoms with Gasteiger partial charge in [0.15, 0.2) is 0 Å². The number of nitrogens with zero attached hydrogens (tertiary/aromatic N) is 1. The Morgan fingerprint density at radius 3 is 2.63 bits per heavy atom. The van der Waals surface area contributed by atoms with Crippen LogP contribution in [0.15, 0.2) is 48.5 Å². The summed E-state index contributed by atoms with van der Waals surface area (Å²) < 4.78 is 4.68. The molecule has 0 saturated carbocycles. The molecule has 2 aliphatic rings. The molecule has 138 valence electrons. The fourth-order valence-corrected chi connectivity index (χ4v) is 4.00. The molecule has 1 spiro atoms. The third-order valence-corrected chi connectivity index (χ3v) is 5.37. The van der Waals surface area contributed by atoms with E-state index < -0.39 is 11.5 Å². The number of ether oxygens (including phenoxy) is 1. The van der Waals surface area contributed by atoms with Gasteiger partial charge in [-0.2, -0.15) is 0 Å². The molecule has 4 rings (SSSR count). The number of hydrogen-bond donors (Lipinski definition) is 1. The van der Waals surface area contributed by atoms with Gasteiger partial charge in [0.1, 0.15) is 5.54 Å². The molecule has 1 aliphatic carbocycles. The highest BCUT2D eigenvalue weighted by Crippen LogP contribution is 2.40. The second-order valence-electron chi connectivity index (χ2n) is 6.93. The van der Waals surface area contributed by atoms with E-state index in [0.29, 0.717) is 12.0 Å². The smallest absolute Gasteiger partial charge is 0.337 e. The van der Waals surface area contributed by atoms with Gasteiger partial charge in [-0.25, -0.2) is 9.59 Å². The largest absolute Gasteiger partial charge is 0.465 e. The van der Waals surface area contributed by atoms with Crippen LogP contribution < -0.4 is 5.32 Å². The van der Waals surface area contributed by atoms with E-state index in [1.807, 2.05) is 24.3 Å². The van der Waals surface area contributed by atoms with Crippen LogP contribution in [0, 0.1) is 0 Å². The third-order valence-electron chi connectivity index (χ3n) is 5.37. The minimum absolute atomic E-state index is 0.163. The first-order valence-corrected chi connectivity index (χ1v) is 8.95. The van der Waals surface area contributed by atoms with Gasteiger partial charge in [0.2, 0.25) is 0 Å². The maximum atomic E-state index is 13.2. The zero-order valence-corrected chi connectivity index (χ0v) is 15.0. The van der Waals surface area contributed by atoms with Crippen molar-refractivity contribution in [1.29, 1.82) is 0 Å². The predicted octanol–water partition coefficient (Wildman–Crippen LogP) is 2.76. The average molecular weight is 364 g/mol. The highest BCUT2D eigenvalue weighted by molar-refractivity contribution is 6.07. The van der Waals surface area contributed by atoms with Crippen molar-refractivity contribution in [2.45, 2.75) is 31.3 Å². The summed E-state index contributed by atoms with van der Waals surface area (Å²) in [6.45, 7) is 0.163. The molecule has 2 aromatic carbocycles. The molecule has 2 aromatic rings. The minimum Gasteiger partial charge on any atom is -0.465 e. The lowest BCUT2D eigenvalue weighted by molar-refractivity contribution is -0.132. The maximum Gasteiger partial charge on any atom is 0.337 e. The fraction of sp³-hybridized carbons (Fsp3) is 0.286. The summed E-state index contributed by atoms with van der Waals surface area (Å²) in [6, 6.07) is 14.1. The second-order valence-corrected chi connectivity index (χ2v) is 6.93. The van der Waals surface area contributed by atoms with Crippen LogP contribution >= 0.6 is 0 Å². The molecule has 0 bridgehead atoms. The molecular weight excluding hydrogens is 344 g/mol. The van der Waals surface area contributed by atoms with Gasteiger partial charge in [-0.05, 0) is 48.1 Å². The summed E-state index contributed by atoms with van der Waals surface area (Å²) in [4.78, 5) is 38.7. The van der Waals surface area contributed by atoms with Gasteiger partial charge in [0, 0.05) is 0 Å². The molecule has 6 heteroatoms. The molecular formula is C21H20N2O4. The maximum absolute atomic E-state index is 13.2. The number of imide groups is 1. The number of carbonyl (C=O) groups excluding carboxylic acids is 3. The number of aryl methyl sites for hydroxylation is 1. The Bertz CT molecular complexity index is 922. The van der Waals surface area contributed by atoms with Crippen molar-refractivity contribution in [2.24, 2.45) is 0 Å². The van der Waals surface area contributed by atoms with Crippen LogP contribution in [-0.4, -0.2) is 29.9 Å². The summed E-state index contributed by atoms with van der Waals surface area (Å²) in [6.07, 6.45) is 2.37. The Morgan fingerprint density at radius 2 is 1.89 bits per heavy atom. The van der Waals surface area contributed by atoms with Gasteiger partial charge < -0.3 is 10.1 Å². The van der Waals surface area contributed by atoms with E-state index in [2.05, 4.69) is 10.1 Å². The van der Waals surface area contributed by atoms with Crippen LogP contribution in [0.1, 0.15) is 39.9 Å². The minimum atomic E-state index is -0.960. The van der Waals surface area contributed by atoms with Crippen LogP contribution in [0.25, 0.3) is 0 Å². The van der Waals surface area contributed by atoms with Gasteiger partial charge >= 0.3 is 12.0 Å². The van der Waals surface area contributed by atoms with Crippen molar-refractivity contribution in [2.75, 3.05) is 7.11 Å². The molecule has 1 saturated heterocycles. The normalized spacial score (nSPS) is 21.1. The van der Waals surface area contributed by atoms with E-state index in [1.54, 1.807) is 24.3 Å². The summed E-state index contributed by atoms with van der Waals surface area (Å²) in [5, 5.41) is 2.95. The van der Waals surface area contributed by atoms with E-state index >= 15 is 0 Å². The summed E-state index contributed by atoms with van der Waals surface area (Å²) in [5.41, 5.74) is 2.25. The van der Waals surface area contributed by atoms with Crippen LogP contribution in [-0.2, 0) is 28.0 Å². The molecule has 3 amide bonds. The molecule has 1 atom stereocenters. The van der Waals surface area contributed by atoms with E-state index in [-0.39, 0.29) is 18.5 Å². The number of hydrogen-bond acceptors (Lipinski definition) is 4. The van der Waals surface area contributed by atoms with Crippen molar-refractivity contribution < 1.29 is 19.1 Å². The van der Waals surface area contributed by atoms with Gasteiger partial charge in [0.05, 0.1) is 19.2 Å². The molecule has 0 unspecified atom stereocenters. The van der Waals surface area contributed by atoms with Crippen molar-refractivity contribution in [3.05, 3.63) is 70.8 Å². The Kier molecular flexibility index (Phi) is 4.18. The van der Waals surface area contributed by atoms with Gasteiger partial charge in [0.25, 0.3) is 5.91 Å². The number of carbonyl (C=O) groups is 3. The number of benzene rings is 2. The molecule has 1 fully saturated rings. The van der Waals surface area contributed by atoms with Gasteiger partial charge in [-0.1, -0.05) is 36.4 Å². The van der Waals surface area contributed by atoms with Crippen molar-refractivity contribution in [3.8, 4) is 0 Å². The van der Waals surface area contributed by atoms with Crippen LogP contribution in [0.5, 0.6) is 0 Å². The lowest BCUT2D eigenvalue weighted by Gasteiger charge is -2.33. The molecule has 1 aliphatic heterocycles.